The van der Waals surface area contributed by atoms with Crippen molar-refractivity contribution in [3.63, 3.8) is 0 Å². The van der Waals surface area contributed by atoms with Gasteiger partial charge in [0.1, 0.15) is 11.5 Å². The van der Waals surface area contributed by atoms with Crippen LogP contribution in [0.2, 0.25) is 0 Å². The molecule has 29 heavy (non-hydrogen) atoms. The Morgan fingerprint density at radius 1 is 1.17 bits per heavy atom. The summed E-state index contributed by atoms with van der Waals surface area (Å²) in [6, 6.07) is 9.94. The normalized spacial score (nSPS) is 17.3. The fraction of sp³-hybridized carbons (Fsp3) is 0.0526. The molecule has 1 aliphatic rings. The molecule has 0 radical (unpaired) electrons. The third-order valence-corrected chi connectivity index (χ3v) is 6.74. The van der Waals surface area contributed by atoms with Gasteiger partial charge in [-0.15, -0.1) is 11.0 Å². The van der Waals surface area contributed by atoms with Crippen molar-refractivity contribution in [2.75, 3.05) is 6.54 Å². The number of hydrogen-bond acceptors (Lipinski definition) is 6. The first-order valence-corrected chi connectivity index (χ1v) is 11.2. The van der Waals surface area contributed by atoms with E-state index in [4.69, 9.17) is 0 Å². The summed E-state index contributed by atoms with van der Waals surface area (Å²) in [7, 11) is -4.04. The molecule has 0 saturated carbocycles. The number of amides is 1. The van der Waals surface area contributed by atoms with Crippen molar-refractivity contribution < 1.29 is 23.4 Å². The van der Waals surface area contributed by atoms with E-state index >= 15 is 0 Å². The average molecular weight is 495 g/mol. The fourth-order valence-corrected chi connectivity index (χ4v) is 4.87. The number of halogens is 1. The Kier molecular flexibility index (Phi) is 6.15. The van der Waals surface area contributed by atoms with Gasteiger partial charge >= 0.3 is 0 Å². The van der Waals surface area contributed by atoms with Crippen LogP contribution in [0.4, 0.5) is 0 Å². The van der Waals surface area contributed by atoms with Crippen LogP contribution in [0.15, 0.2) is 73.8 Å². The molecule has 0 unspecified atom stereocenters. The minimum absolute atomic E-state index is 0.00610. The molecule has 10 heteroatoms. The lowest BCUT2D eigenvalue weighted by Crippen LogP contribution is -2.29. The predicted molar refractivity (Wildman–Crippen MR) is 116 cm³/mol. The number of nitrogens with zero attached hydrogens (tertiary/aromatic N) is 2. The van der Waals surface area contributed by atoms with Crippen molar-refractivity contribution in [1.29, 1.82) is 0 Å². The van der Waals surface area contributed by atoms with E-state index in [2.05, 4.69) is 26.9 Å². The summed E-state index contributed by atoms with van der Waals surface area (Å²) < 4.78 is 29.9. The number of rotatable bonds is 5. The third-order valence-electron chi connectivity index (χ3n) is 3.81. The molecular formula is C19H15BrN2O5S2. The summed E-state index contributed by atoms with van der Waals surface area (Å²) in [4.78, 5) is 14.1. The van der Waals surface area contributed by atoms with Gasteiger partial charge in [-0.1, -0.05) is 22.0 Å². The first kappa shape index (κ1) is 21.2. The first-order chi connectivity index (χ1) is 13.7. The highest BCUT2D eigenvalue weighted by Crippen LogP contribution is 2.35. The van der Waals surface area contributed by atoms with Gasteiger partial charge in [-0.3, -0.25) is 9.69 Å². The second kappa shape index (κ2) is 8.44. The number of phenolic OH excluding ortho intramolecular Hbond substituents is 2. The van der Waals surface area contributed by atoms with Crippen LogP contribution < -0.4 is 0 Å². The highest BCUT2D eigenvalue weighted by molar-refractivity contribution is 9.10. The van der Waals surface area contributed by atoms with Crippen molar-refractivity contribution in [3.8, 4) is 11.5 Å². The third kappa shape index (κ3) is 4.72. The molecule has 1 saturated heterocycles. The van der Waals surface area contributed by atoms with Crippen molar-refractivity contribution >= 4 is 54.9 Å². The highest BCUT2D eigenvalue weighted by atomic mass is 79.9. The molecule has 0 spiro atoms. The molecule has 1 heterocycles. The smallest absolute Gasteiger partial charge is 0.284 e. The molecule has 1 aliphatic heterocycles. The van der Waals surface area contributed by atoms with E-state index in [1.165, 1.54) is 41.3 Å². The molecule has 1 amide bonds. The number of amidine groups is 1. The number of aromatic hydroxyl groups is 2. The molecule has 2 N–H and O–H groups in total. The van der Waals surface area contributed by atoms with E-state index < -0.39 is 15.9 Å². The molecule has 0 aromatic heterocycles. The number of sulfonamides is 1. The van der Waals surface area contributed by atoms with Crippen LogP contribution in [-0.2, 0) is 14.8 Å². The van der Waals surface area contributed by atoms with Gasteiger partial charge in [-0.05, 0) is 54.2 Å². The van der Waals surface area contributed by atoms with Gasteiger partial charge < -0.3 is 10.2 Å². The van der Waals surface area contributed by atoms with E-state index in [1.807, 2.05) is 0 Å². The second-order valence-corrected chi connectivity index (χ2v) is 9.39. The Labute approximate surface area is 180 Å². The number of hydrogen-bond donors (Lipinski definition) is 2. The summed E-state index contributed by atoms with van der Waals surface area (Å²) in [6.45, 7) is 3.66. The second-order valence-electron chi connectivity index (χ2n) is 5.86. The Bertz CT molecular complexity index is 1140. The quantitative estimate of drug-likeness (QED) is 0.484. The van der Waals surface area contributed by atoms with E-state index in [0.717, 1.165) is 22.3 Å². The number of carbonyl (C=O) groups is 1. The Morgan fingerprint density at radius 3 is 2.48 bits per heavy atom. The van der Waals surface area contributed by atoms with Crippen molar-refractivity contribution in [2.24, 2.45) is 4.40 Å². The molecule has 0 aliphatic carbocycles. The highest BCUT2D eigenvalue weighted by Gasteiger charge is 2.34. The zero-order valence-corrected chi connectivity index (χ0v) is 18.0. The molecule has 0 atom stereocenters. The molecule has 0 bridgehead atoms. The predicted octanol–water partition coefficient (Wildman–Crippen LogP) is 3.71. The van der Waals surface area contributed by atoms with Crippen LogP contribution in [0.25, 0.3) is 6.08 Å². The lowest BCUT2D eigenvalue weighted by molar-refractivity contribution is -0.121. The van der Waals surface area contributed by atoms with E-state index in [-0.39, 0.29) is 33.0 Å². The zero-order chi connectivity index (χ0) is 21.2. The van der Waals surface area contributed by atoms with Gasteiger partial charge in [0.15, 0.2) is 5.17 Å². The van der Waals surface area contributed by atoms with Gasteiger partial charge in [0, 0.05) is 22.6 Å². The van der Waals surface area contributed by atoms with Gasteiger partial charge in [0.2, 0.25) is 0 Å². The maximum atomic E-state index is 12.7. The minimum Gasteiger partial charge on any atom is -0.508 e. The lowest BCUT2D eigenvalue weighted by atomic mass is 10.1. The van der Waals surface area contributed by atoms with Crippen LogP contribution in [-0.4, -0.2) is 41.2 Å². The summed E-state index contributed by atoms with van der Waals surface area (Å²) in [5, 5.41) is 19.3. The van der Waals surface area contributed by atoms with Crippen LogP contribution in [0.5, 0.6) is 11.5 Å². The van der Waals surface area contributed by atoms with E-state index in [9.17, 15) is 23.4 Å². The van der Waals surface area contributed by atoms with E-state index in [0.29, 0.717) is 5.56 Å². The summed E-state index contributed by atoms with van der Waals surface area (Å²) in [5.41, 5.74) is 0.300. The number of benzene rings is 2. The molecule has 7 nitrogen and oxygen atoms in total. The Balaban J connectivity index is 2.01. The monoisotopic (exact) mass is 494 g/mol. The molecule has 1 fully saturated rings. The molecule has 2 aromatic rings. The molecular weight excluding hydrogens is 480 g/mol. The molecule has 150 valence electrons. The van der Waals surface area contributed by atoms with Crippen LogP contribution in [0, 0.1) is 0 Å². The standard InChI is InChI=1S/C19H15BrN2O5S2/c1-2-9-22-18(25)17(10-12-3-6-14(23)11-16(12)24)28-19(22)21-29(26,27)15-7-4-13(20)5-8-15/h2-8,10-11,23-24H,1,9H2/b17-10-,21-19+. The summed E-state index contributed by atoms with van der Waals surface area (Å²) >= 11 is 4.12. The SMILES string of the molecule is C=CCN1C(=O)/C(=C/c2ccc(O)cc2O)S/C1=N/S(=O)(=O)c1ccc(Br)cc1. The van der Waals surface area contributed by atoms with Gasteiger partial charge in [0.05, 0.1) is 9.80 Å². The molecule has 3 rings (SSSR count). The summed E-state index contributed by atoms with van der Waals surface area (Å²) in [5.74, 6) is -0.799. The van der Waals surface area contributed by atoms with Gasteiger partial charge in [0.25, 0.3) is 15.9 Å². The van der Waals surface area contributed by atoms with Crippen molar-refractivity contribution in [3.05, 3.63) is 70.1 Å². The minimum atomic E-state index is -4.04. The zero-order valence-electron chi connectivity index (χ0n) is 14.8. The maximum Gasteiger partial charge on any atom is 0.284 e. The van der Waals surface area contributed by atoms with Crippen molar-refractivity contribution in [1.82, 2.24) is 4.90 Å². The van der Waals surface area contributed by atoms with Crippen LogP contribution in [0.1, 0.15) is 5.56 Å². The first-order valence-electron chi connectivity index (χ1n) is 8.16. The number of thioether (sulfide) groups is 1. The topological polar surface area (TPSA) is 107 Å². The summed E-state index contributed by atoms with van der Waals surface area (Å²) in [6.07, 6.45) is 2.87. The Morgan fingerprint density at radius 2 is 1.86 bits per heavy atom. The lowest BCUT2D eigenvalue weighted by Gasteiger charge is -2.12. The van der Waals surface area contributed by atoms with Crippen LogP contribution >= 0.6 is 27.7 Å². The molecule has 2 aromatic carbocycles. The maximum absolute atomic E-state index is 12.7. The fourth-order valence-electron chi connectivity index (χ4n) is 2.42. The number of carbonyl (C=O) groups excluding carboxylic acids is 1. The largest absolute Gasteiger partial charge is 0.508 e. The van der Waals surface area contributed by atoms with Gasteiger partial charge in [-0.25, -0.2) is 0 Å². The Hall–Kier alpha value is -2.56. The van der Waals surface area contributed by atoms with E-state index in [1.54, 1.807) is 12.1 Å². The van der Waals surface area contributed by atoms with Gasteiger partial charge in [-0.2, -0.15) is 8.42 Å². The number of phenols is 2. The average Bonchev–Trinajstić information content (AvgIpc) is 2.93. The van der Waals surface area contributed by atoms with Crippen molar-refractivity contribution in [2.45, 2.75) is 4.90 Å². The van der Waals surface area contributed by atoms with Crippen LogP contribution in [0.3, 0.4) is 0 Å².